The second-order valence-electron chi connectivity index (χ2n) is 5.19. The van der Waals surface area contributed by atoms with Gasteiger partial charge in [0.2, 0.25) is 5.89 Å². The predicted octanol–water partition coefficient (Wildman–Crippen LogP) is 3.03. The van der Waals surface area contributed by atoms with Gasteiger partial charge in [0.25, 0.3) is 0 Å². The van der Waals surface area contributed by atoms with Gasteiger partial charge in [-0.05, 0) is 23.6 Å². The lowest BCUT2D eigenvalue weighted by molar-refractivity contribution is 0.386. The highest BCUT2D eigenvalue weighted by Gasteiger charge is 2.12. The molecular weight excluding hydrogens is 308 g/mol. The first kappa shape index (κ1) is 16.0. The third-order valence-electron chi connectivity index (χ3n) is 2.81. The molecule has 0 bridgehead atoms. The lowest BCUT2D eigenvalue weighted by Gasteiger charge is -2.05. The Morgan fingerprint density at radius 2 is 1.90 bits per heavy atom. The van der Waals surface area contributed by atoms with E-state index in [0.717, 1.165) is 11.2 Å². The van der Waals surface area contributed by atoms with Crippen LogP contribution in [-0.4, -0.2) is 24.8 Å². The predicted molar refractivity (Wildman–Crippen MR) is 82.9 cm³/mol. The van der Waals surface area contributed by atoms with Gasteiger partial charge in [0.05, 0.1) is 5.75 Å². The van der Waals surface area contributed by atoms with Gasteiger partial charge in [-0.3, -0.25) is 0 Å². The first-order valence-corrected chi connectivity index (χ1v) is 9.60. The molecular formula is C14H18N2O3S2. The highest BCUT2D eigenvalue weighted by atomic mass is 32.2. The minimum absolute atomic E-state index is 0.190. The standard InChI is InChI=1S/C14H18N2O3S2/c1-10(2)11-4-6-12(7-5-11)20-8-14-15-13(16-19-14)9-21(3,17)18/h4-7,10H,8-9H2,1-3H3. The van der Waals surface area contributed by atoms with Crippen LogP contribution in [0.5, 0.6) is 0 Å². The van der Waals surface area contributed by atoms with E-state index in [2.05, 4.69) is 48.3 Å². The Hall–Kier alpha value is -1.34. The van der Waals surface area contributed by atoms with Crippen molar-refractivity contribution in [1.29, 1.82) is 0 Å². The van der Waals surface area contributed by atoms with Crippen molar-refractivity contribution >= 4 is 21.6 Å². The molecule has 2 aromatic rings. The second kappa shape index (κ2) is 6.62. The maximum absolute atomic E-state index is 11.1. The van der Waals surface area contributed by atoms with Gasteiger partial charge in [-0.15, -0.1) is 11.8 Å². The number of hydrogen-bond donors (Lipinski definition) is 0. The molecule has 0 saturated carbocycles. The average molecular weight is 326 g/mol. The van der Waals surface area contributed by atoms with Crippen LogP contribution >= 0.6 is 11.8 Å². The lowest BCUT2D eigenvalue weighted by atomic mass is 10.0. The molecule has 0 unspecified atom stereocenters. The minimum Gasteiger partial charge on any atom is -0.338 e. The molecule has 0 aliphatic rings. The monoisotopic (exact) mass is 326 g/mol. The Bertz CT molecular complexity index is 691. The van der Waals surface area contributed by atoms with Crippen molar-refractivity contribution in [2.75, 3.05) is 6.26 Å². The van der Waals surface area contributed by atoms with Crippen molar-refractivity contribution in [3.63, 3.8) is 0 Å². The third kappa shape index (κ3) is 5.17. The van der Waals surface area contributed by atoms with E-state index in [4.69, 9.17) is 4.52 Å². The van der Waals surface area contributed by atoms with Gasteiger partial charge in [-0.2, -0.15) is 4.98 Å². The molecule has 1 aromatic heterocycles. The smallest absolute Gasteiger partial charge is 0.237 e. The van der Waals surface area contributed by atoms with Crippen LogP contribution in [0.15, 0.2) is 33.7 Å². The second-order valence-corrected chi connectivity index (χ2v) is 8.38. The fourth-order valence-electron chi connectivity index (χ4n) is 1.74. The Morgan fingerprint density at radius 3 is 2.48 bits per heavy atom. The van der Waals surface area contributed by atoms with Crippen LogP contribution in [0.3, 0.4) is 0 Å². The van der Waals surface area contributed by atoms with Crippen molar-refractivity contribution in [2.24, 2.45) is 0 Å². The van der Waals surface area contributed by atoms with E-state index in [1.165, 1.54) is 5.56 Å². The summed E-state index contributed by atoms with van der Waals surface area (Å²) in [6.07, 6.45) is 1.15. The molecule has 0 saturated heterocycles. The Balaban J connectivity index is 1.94. The highest BCUT2D eigenvalue weighted by molar-refractivity contribution is 7.98. The van der Waals surface area contributed by atoms with Crippen LogP contribution < -0.4 is 0 Å². The van der Waals surface area contributed by atoms with Crippen molar-refractivity contribution in [1.82, 2.24) is 10.1 Å². The van der Waals surface area contributed by atoms with E-state index < -0.39 is 9.84 Å². The van der Waals surface area contributed by atoms with Crippen LogP contribution in [0.2, 0.25) is 0 Å². The van der Waals surface area contributed by atoms with Gasteiger partial charge in [-0.1, -0.05) is 31.1 Å². The number of thioether (sulfide) groups is 1. The number of benzene rings is 1. The Kier molecular flexibility index (Phi) is 5.05. The van der Waals surface area contributed by atoms with E-state index in [-0.39, 0.29) is 11.6 Å². The summed E-state index contributed by atoms with van der Waals surface area (Å²) in [5.74, 6) is 1.50. The summed E-state index contributed by atoms with van der Waals surface area (Å²) in [5, 5.41) is 3.67. The molecule has 0 atom stereocenters. The zero-order chi connectivity index (χ0) is 15.5. The summed E-state index contributed by atoms with van der Waals surface area (Å²) in [7, 11) is -3.14. The van der Waals surface area contributed by atoms with E-state index >= 15 is 0 Å². The molecule has 2 rings (SSSR count). The van der Waals surface area contributed by atoms with Crippen LogP contribution in [0, 0.1) is 0 Å². The molecule has 1 aromatic carbocycles. The number of sulfone groups is 1. The van der Waals surface area contributed by atoms with Gasteiger partial charge in [0, 0.05) is 11.2 Å². The summed E-state index contributed by atoms with van der Waals surface area (Å²) in [6, 6.07) is 8.34. The SMILES string of the molecule is CC(C)c1ccc(SCc2nc(CS(C)(=O)=O)no2)cc1. The third-order valence-corrected chi connectivity index (χ3v) is 4.59. The topological polar surface area (TPSA) is 73.1 Å². The Labute approximate surface area is 129 Å². The minimum atomic E-state index is -3.14. The van der Waals surface area contributed by atoms with Gasteiger partial charge in [-0.25, -0.2) is 8.42 Å². The van der Waals surface area contributed by atoms with E-state index in [9.17, 15) is 8.42 Å². The van der Waals surface area contributed by atoms with Gasteiger partial charge in [0.1, 0.15) is 5.75 Å². The molecule has 0 spiro atoms. The van der Waals surface area contributed by atoms with Gasteiger partial charge >= 0.3 is 0 Å². The lowest BCUT2D eigenvalue weighted by Crippen LogP contribution is -2.02. The highest BCUT2D eigenvalue weighted by Crippen LogP contribution is 2.24. The quantitative estimate of drug-likeness (QED) is 0.760. The molecule has 21 heavy (non-hydrogen) atoms. The summed E-state index contributed by atoms with van der Waals surface area (Å²) >= 11 is 1.58. The van der Waals surface area contributed by atoms with Crippen molar-refractivity contribution < 1.29 is 12.9 Å². The molecule has 7 heteroatoms. The van der Waals surface area contributed by atoms with Crippen molar-refractivity contribution in [2.45, 2.75) is 36.2 Å². The fraction of sp³-hybridized carbons (Fsp3) is 0.429. The molecule has 0 aliphatic heterocycles. The molecule has 0 amide bonds. The van der Waals surface area contributed by atoms with Crippen LogP contribution in [-0.2, 0) is 21.3 Å². The molecule has 0 aliphatic carbocycles. The van der Waals surface area contributed by atoms with Gasteiger partial charge < -0.3 is 4.52 Å². The van der Waals surface area contributed by atoms with Crippen molar-refractivity contribution in [3.05, 3.63) is 41.5 Å². The molecule has 1 heterocycles. The Morgan fingerprint density at radius 1 is 1.24 bits per heavy atom. The van der Waals surface area contributed by atoms with Crippen molar-refractivity contribution in [3.8, 4) is 0 Å². The molecule has 0 N–H and O–H groups in total. The summed E-state index contributed by atoms with van der Waals surface area (Å²) in [4.78, 5) is 5.19. The first-order chi connectivity index (χ1) is 9.83. The van der Waals surface area contributed by atoms with Crippen LogP contribution in [0.1, 0.15) is 37.0 Å². The van der Waals surface area contributed by atoms with Crippen LogP contribution in [0.25, 0.3) is 0 Å². The number of nitrogens with zero attached hydrogens (tertiary/aromatic N) is 2. The van der Waals surface area contributed by atoms with E-state index in [0.29, 0.717) is 17.6 Å². The summed E-state index contributed by atoms with van der Waals surface area (Å²) in [6.45, 7) is 4.31. The largest absolute Gasteiger partial charge is 0.338 e. The number of hydrogen-bond acceptors (Lipinski definition) is 6. The molecule has 0 fully saturated rings. The normalized spacial score (nSPS) is 12.0. The maximum atomic E-state index is 11.1. The zero-order valence-electron chi connectivity index (χ0n) is 12.2. The summed E-state index contributed by atoms with van der Waals surface area (Å²) in [5.41, 5.74) is 1.30. The number of aromatic nitrogens is 2. The first-order valence-electron chi connectivity index (χ1n) is 6.55. The maximum Gasteiger partial charge on any atom is 0.237 e. The number of rotatable bonds is 6. The molecule has 5 nitrogen and oxygen atoms in total. The van der Waals surface area contributed by atoms with E-state index in [1.807, 2.05) is 0 Å². The molecule has 114 valence electrons. The fourth-order valence-corrected chi connectivity index (χ4v) is 3.06. The zero-order valence-corrected chi connectivity index (χ0v) is 13.9. The van der Waals surface area contributed by atoms with E-state index in [1.54, 1.807) is 11.8 Å². The average Bonchev–Trinajstić information content (AvgIpc) is 2.82. The van der Waals surface area contributed by atoms with Crippen LogP contribution in [0.4, 0.5) is 0 Å². The van der Waals surface area contributed by atoms with Gasteiger partial charge in [0.15, 0.2) is 15.7 Å². The summed E-state index contributed by atoms with van der Waals surface area (Å²) < 4.78 is 27.3. The molecule has 0 radical (unpaired) electrons.